The fourth-order valence-corrected chi connectivity index (χ4v) is 4.03. The summed E-state index contributed by atoms with van der Waals surface area (Å²) in [6, 6.07) is 12.6. The Morgan fingerprint density at radius 2 is 1.90 bits per heavy atom. The largest absolute Gasteiger partial charge is 0.482 e. The van der Waals surface area contributed by atoms with Crippen LogP contribution in [0.1, 0.15) is 30.5 Å². The van der Waals surface area contributed by atoms with Crippen molar-refractivity contribution in [2.45, 2.75) is 26.0 Å². The number of rotatable bonds is 6. The monoisotopic (exact) mass is 422 g/mol. The van der Waals surface area contributed by atoms with Crippen LogP contribution in [0.15, 0.2) is 54.3 Å². The lowest BCUT2D eigenvalue weighted by atomic mass is 9.91. The Morgan fingerprint density at radius 3 is 2.61 bits per heavy atom. The van der Waals surface area contributed by atoms with Gasteiger partial charge >= 0.3 is 0 Å². The van der Waals surface area contributed by atoms with Crippen LogP contribution in [-0.4, -0.2) is 43.7 Å². The van der Waals surface area contributed by atoms with Crippen molar-refractivity contribution in [3.63, 3.8) is 0 Å². The number of carbonyl (C=O) groups is 1. The minimum atomic E-state index is -0.616. The van der Waals surface area contributed by atoms with Crippen molar-refractivity contribution < 1.29 is 18.7 Å². The number of nitrogens with one attached hydrogen (secondary N) is 1. The quantitative estimate of drug-likeness (QED) is 0.699. The predicted octanol–water partition coefficient (Wildman–Crippen LogP) is 4.46. The van der Waals surface area contributed by atoms with Crippen LogP contribution in [-0.2, 0) is 20.8 Å². The number of hydrogen-bond acceptors (Lipinski definition) is 4. The first-order chi connectivity index (χ1) is 14.8. The highest BCUT2D eigenvalue weighted by Crippen LogP contribution is 2.44. The molecular formula is C25H27FN2O3. The molecule has 2 aliphatic rings. The summed E-state index contributed by atoms with van der Waals surface area (Å²) in [5.74, 6) is -0.204. The predicted molar refractivity (Wildman–Crippen MR) is 120 cm³/mol. The molecule has 2 aromatic rings. The molecule has 5 nitrogen and oxygen atoms in total. The van der Waals surface area contributed by atoms with Gasteiger partial charge in [0.1, 0.15) is 17.2 Å². The molecule has 4 rings (SSSR count). The van der Waals surface area contributed by atoms with E-state index < -0.39 is 5.60 Å². The van der Waals surface area contributed by atoms with Gasteiger partial charge in [-0.2, -0.15) is 0 Å². The molecule has 0 unspecified atom stereocenters. The lowest BCUT2D eigenvalue weighted by molar-refractivity contribution is -0.111. The van der Waals surface area contributed by atoms with Crippen molar-refractivity contribution in [2.24, 2.45) is 0 Å². The van der Waals surface area contributed by atoms with Crippen LogP contribution < -0.4 is 5.32 Å². The lowest BCUT2D eigenvalue weighted by Gasteiger charge is -2.24. The summed E-state index contributed by atoms with van der Waals surface area (Å²) in [4.78, 5) is 14.8. The van der Waals surface area contributed by atoms with Crippen molar-refractivity contribution in [1.29, 1.82) is 0 Å². The summed E-state index contributed by atoms with van der Waals surface area (Å²) in [5.41, 5.74) is 4.09. The fourth-order valence-electron chi connectivity index (χ4n) is 4.03. The van der Waals surface area contributed by atoms with E-state index in [0.29, 0.717) is 29.2 Å². The van der Waals surface area contributed by atoms with Crippen molar-refractivity contribution in [2.75, 3.05) is 32.6 Å². The molecule has 6 heteroatoms. The van der Waals surface area contributed by atoms with Crippen molar-refractivity contribution in [3.8, 4) is 0 Å². The average Bonchev–Trinajstić information content (AvgIpc) is 3.21. The fraction of sp³-hybridized carbons (Fsp3) is 0.320. The molecule has 2 aliphatic heterocycles. The molecule has 0 atom stereocenters. The molecule has 0 bridgehead atoms. The molecule has 0 aromatic heterocycles. The second kappa shape index (κ2) is 8.29. The highest BCUT2D eigenvalue weighted by molar-refractivity contribution is 6.32. The third-order valence-corrected chi connectivity index (χ3v) is 5.66. The van der Waals surface area contributed by atoms with E-state index in [4.69, 9.17) is 9.47 Å². The summed E-state index contributed by atoms with van der Waals surface area (Å²) >= 11 is 0. The molecule has 0 saturated carbocycles. The van der Waals surface area contributed by atoms with Gasteiger partial charge in [0.2, 0.25) is 0 Å². The number of fused-ring (bicyclic) bond motifs is 1. The van der Waals surface area contributed by atoms with Crippen molar-refractivity contribution in [1.82, 2.24) is 4.90 Å². The molecule has 0 aliphatic carbocycles. The number of nitrogens with zero attached hydrogens (tertiary/aromatic N) is 1. The third-order valence-electron chi connectivity index (χ3n) is 5.66. The van der Waals surface area contributed by atoms with Gasteiger partial charge in [-0.05, 0) is 56.3 Å². The van der Waals surface area contributed by atoms with Crippen molar-refractivity contribution in [3.05, 3.63) is 76.8 Å². The van der Waals surface area contributed by atoms with Crippen LogP contribution >= 0.6 is 0 Å². The molecule has 0 radical (unpaired) electrons. The molecular weight excluding hydrogens is 395 g/mol. The van der Waals surface area contributed by atoms with Gasteiger partial charge in [-0.3, -0.25) is 9.69 Å². The zero-order valence-corrected chi connectivity index (χ0v) is 18.3. The molecule has 31 heavy (non-hydrogen) atoms. The first-order valence-electron chi connectivity index (χ1n) is 10.3. The number of amides is 1. The number of ether oxygens (including phenoxy) is 2. The first kappa shape index (κ1) is 21.3. The minimum absolute atomic E-state index is 0.279. The highest BCUT2D eigenvalue weighted by Gasteiger charge is 2.38. The van der Waals surface area contributed by atoms with Gasteiger partial charge in [-0.1, -0.05) is 24.3 Å². The number of allylic oxidation sites excluding steroid dienone is 1. The van der Waals surface area contributed by atoms with Gasteiger partial charge in [0.15, 0.2) is 0 Å². The van der Waals surface area contributed by atoms with Gasteiger partial charge in [-0.15, -0.1) is 0 Å². The second-order valence-corrected chi connectivity index (χ2v) is 8.48. The zero-order chi connectivity index (χ0) is 22.2. The minimum Gasteiger partial charge on any atom is -0.482 e. The molecule has 2 heterocycles. The summed E-state index contributed by atoms with van der Waals surface area (Å²) in [6.45, 7) is 6.34. The second-order valence-electron chi connectivity index (χ2n) is 8.48. The topological polar surface area (TPSA) is 50.8 Å². The van der Waals surface area contributed by atoms with Gasteiger partial charge in [-0.25, -0.2) is 4.39 Å². The van der Waals surface area contributed by atoms with E-state index in [1.807, 2.05) is 19.9 Å². The Kier molecular flexibility index (Phi) is 5.69. The molecule has 0 saturated heterocycles. The van der Waals surface area contributed by atoms with E-state index >= 15 is 0 Å². The number of likely N-dealkylation sites (N-methyl/N-ethyl adjacent to an activating group) is 1. The number of methoxy groups -OCH3 is 1. The van der Waals surface area contributed by atoms with E-state index in [9.17, 15) is 9.18 Å². The average molecular weight is 423 g/mol. The Hall–Kier alpha value is -2.96. The molecule has 0 spiro atoms. The van der Waals surface area contributed by atoms with E-state index in [1.165, 1.54) is 17.7 Å². The zero-order valence-electron chi connectivity index (χ0n) is 18.3. The van der Waals surface area contributed by atoms with E-state index in [0.717, 1.165) is 24.2 Å². The Labute approximate surface area is 182 Å². The lowest BCUT2D eigenvalue weighted by Crippen LogP contribution is -2.22. The number of halogens is 1. The number of benzene rings is 2. The van der Waals surface area contributed by atoms with Crippen LogP contribution in [0.25, 0.3) is 11.1 Å². The van der Waals surface area contributed by atoms with E-state index in [2.05, 4.69) is 41.5 Å². The van der Waals surface area contributed by atoms with Crippen molar-refractivity contribution >= 4 is 22.7 Å². The number of anilines is 1. The van der Waals surface area contributed by atoms with Gasteiger partial charge in [0, 0.05) is 37.0 Å². The molecule has 1 N–H and O–H groups in total. The summed E-state index contributed by atoms with van der Waals surface area (Å²) < 4.78 is 25.1. The third kappa shape index (κ3) is 4.27. The number of hydrogen-bond donors (Lipinski definition) is 1. The number of carbonyl (C=O) groups excluding carboxylic acids is 1. The summed E-state index contributed by atoms with van der Waals surface area (Å²) in [5, 5.41) is 2.79. The van der Waals surface area contributed by atoms with Crippen LogP contribution in [0.2, 0.25) is 0 Å². The normalized spacial score (nSPS) is 19.3. The van der Waals surface area contributed by atoms with Crippen LogP contribution in [0, 0.1) is 5.82 Å². The van der Waals surface area contributed by atoms with Gasteiger partial charge in [0.25, 0.3) is 5.91 Å². The smallest absolute Gasteiger partial charge is 0.260 e. The van der Waals surface area contributed by atoms with Gasteiger partial charge in [0.05, 0.1) is 12.2 Å². The maximum atomic E-state index is 13.8. The SMILES string of the molecule is COCCN(C)Cc1ccc(C2=C/C(=C3\C(=O)Nc4ccc(F)cc43)OC2(C)C)cc1. The van der Waals surface area contributed by atoms with Crippen LogP contribution in [0.4, 0.5) is 10.1 Å². The van der Waals surface area contributed by atoms with Crippen LogP contribution in [0.5, 0.6) is 0 Å². The van der Waals surface area contributed by atoms with E-state index in [-0.39, 0.29) is 11.7 Å². The maximum absolute atomic E-state index is 13.8. The molecule has 0 fully saturated rings. The Bertz CT molecular complexity index is 1070. The molecule has 2 aromatic carbocycles. The molecule has 1 amide bonds. The Morgan fingerprint density at radius 1 is 1.16 bits per heavy atom. The van der Waals surface area contributed by atoms with E-state index in [1.54, 1.807) is 13.2 Å². The van der Waals surface area contributed by atoms with Gasteiger partial charge < -0.3 is 14.8 Å². The summed E-state index contributed by atoms with van der Waals surface area (Å²) in [7, 11) is 3.77. The standard InChI is InChI=1S/C25H27FN2O3/c1-25(2)20(17-7-5-16(6-8-17)15-28(3)11-12-30-4)14-22(31-25)23-19-13-18(26)9-10-21(19)27-24(23)29/h5-10,13-14H,11-12,15H2,1-4H3,(H,27,29)/b23-22+. The first-order valence-corrected chi connectivity index (χ1v) is 10.3. The maximum Gasteiger partial charge on any atom is 0.260 e. The highest BCUT2D eigenvalue weighted by atomic mass is 19.1. The Balaban J connectivity index is 1.64. The molecule has 162 valence electrons. The van der Waals surface area contributed by atoms with Crippen LogP contribution in [0.3, 0.4) is 0 Å². The summed E-state index contributed by atoms with van der Waals surface area (Å²) in [6.07, 6.45) is 1.90.